The van der Waals surface area contributed by atoms with Crippen molar-refractivity contribution in [3.05, 3.63) is 0 Å². The summed E-state index contributed by atoms with van der Waals surface area (Å²) in [6, 6.07) is 0.861. The molecule has 1 saturated heterocycles. The molecule has 1 rings (SSSR count). The molecule has 0 radical (unpaired) electrons. The zero-order chi connectivity index (χ0) is 10.0. The fourth-order valence-electron chi connectivity index (χ4n) is 1.85. The van der Waals surface area contributed by atoms with Crippen LogP contribution in [0, 0.1) is 0 Å². The van der Waals surface area contributed by atoms with Crippen LogP contribution < -0.4 is 0 Å². The van der Waals surface area contributed by atoms with Gasteiger partial charge < -0.3 is 4.90 Å². The molecular weight excluding hydrogens is 164 g/mol. The maximum absolute atomic E-state index is 11.5. The van der Waals surface area contributed by atoms with Crippen molar-refractivity contribution in [1.29, 1.82) is 0 Å². The van der Waals surface area contributed by atoms with Gasteiger partial charge in [-0.2, -0.15) is 0 Å². The summed E-state index contributed by atoms with van der Waals surface area (Å²) in [5.74, 6) is 0.285. The van der Waals surface area contributed by atoms with E-state index in [2.05, 4.69) is 25.8 Å². The van der Waals surface area contributed by atoms with Crippen LogP contribution in [0.1, 0.15) is 27.2 Å². The third kappa shape index (κ3) is 2.21. The summed E-state index contributed by atoms with van der Waals surface area (Å²) in [7, 11) is 2.12. The molecule has 1 aliphatic heterocycles. The molecule has 3 nitrogen and oxygen atoms in total. The number of amides is 1. The predicted molar refractivity (Wildman–Crippen MR) is 53.6 cm³/mol. The summed E-state index contributed by atoms with van der Waals surface area (Å²) in [6.45, 7) is 8.09. The van der Waals surface area contributed by atoms with Crippen LogP contribution in [0.4, 0.5) is 0 Å². The van der Waals surface area contributed by atoms with E-state index in [0.717, 1.165) is 13.1 Å². The van der Waals surface area contributed by atoms with E-state index < -0.39 is 0 Å². The SMILES string of the molecule is CCC(=O)N1C[C@H](C)N(C)C[C@H]1C. The van der Waals surface area contributed by atoms with Gasteiger partial charge in [-0.25, -0.2) is 0 Å². The van der Waals surface area contributed by atoms with Gasteiger partial charge in [-0.3, -0.25) is 9.69 Å². The fourth-order valence-corrected chi connectivity index (χ4v) is 1.85. The Labute approximate surface area is 80.7 Å². The molecule has 76 valence electrons. The van der Waals surface area contributed by atoms with Gasteiger partial charge in [0.1, 0.15) is 0 Å². The molecule has 0 N–H and O–H groups in total. The van der Waals surface area contributed by atoms with E-state index in [9.17, 15) is 4.79 Å². The summed E-state index contributed by atoms with van der Waals surface area (Å²) < 4.78 is 0. The normalized spacial score (nSPS) is 30.6. The minimum atomic E-state index is 0.285. The quantitative estimate of drug-likeness (QED) is 0.605. The number of carbonyl (C=O) groups is 1. The molecule has 1 heterocycles. The first-order chi connectivity index (χ1) is 6.06. The van der Waals surface area contributed by atoms with Crippen molar-refractivity contribution in [2.45, 2.75) is 39.3 Å². The lowest BCUT2D eigenvalue weighted by atomic mass is 10.1. The Hall–Kier alpha value is -0.570. The standard InChI is InChI=1S/C10H20N2O/c1-5-10(13)12-7-8(2)11(4)6-9(12)3/h8-9H,5-7H2,1-4H3/t8-,9+/m0/s1. The third-order valence-corrected chi connectivity index (χ3v) is 2.92. The molecule has 0 aromatic heterocycles. The van der Waals surface area contributed by atoms with Gasteiger partial charge in [-0.05, 0) is 20.9 Å². The lowest BCUT2D eigenvalue weighted by Gasteiger charge is -2.42. The highest BCUT2D eigenvalue weighted by Gasteiger charge is 2.28. The Morgan fingerprint density at radius 3 is 2.46 bits per heavy atom. The Balaban J connectivity index is 2.61. The van der Waals surface area contributed by atoms with E-state index in [0.29, 0.717) is 18.5 Å². The van der Waals surface area contributed by atoms with Gasteiger partial charge in [0.2, 0.25) is 5.91 Å². The lowest BCUT2D eigenvalue weighted by molar-refractivity contribution is -0.136. The second-order valence-electron chi connectivity index (χ2n) is 4.04. The van der Waals surface area contributed by atoms with Crippen LogP contribution in [0.2, 0.25) is 0 Å². The highest BCUT2D eigenvalue weighted by molar-refractivity contribution is 5.76. The van der Waals surface area contributed by atoms with Gasteiger partial charge in [-0.1, -0.05) is 6.92 Å². The Morgan fingerprint density at radius 1 is 1.31 bits per heavy atom. The van der Waals surface area contributed by atoms with Crippen molar-refractivity contribution in [3.8, 4) is 0 Å². The first-order valence-corrected chi connectivity index (χ1v) is 5.06. The topological polar surface area (TPSA) is 23.6 Å². The van der Waals surface area contributed by atoms with Crippen LogP contribution in [0.25, 0.3) is 0 Å². The smallest absolute Gasteiger partial charge is 0.222 e. The molecule has 0 aromatic carbocycles. The Kier molecular flexibility index (Phi) is 3.31. The fraction of sp³-hybridized carbons (Fsp3) is 0.900. The van der Waals surface area contributed by atoms with E-state index in [1.165, 1.54) is 0 Å². The summed E-state index contributed by atoms with van der Waals surface area (Å²) in [5, 5.41) is 0. The summed E-state index contributed by atoms with van der Waals surface area (Å²) in [4.78, 5) is 15.9. The third-order valence-electron chi connectivity index (χ3n) is 2.92. The predicted octanol–water partition coefficient (Wildman–Crippen LogP) is 0.947. The number of piperazine rings is 1. The van der Waals surface area contributed by atoms with Crippen molar-refractivity contribution in [2.75, 3.05) is 20.1 Å². The van der Waals surface area contributed by atoms with Gasteiger partial charge in [0.15, 0.2) is 0 Å². The summed E-state index contributed by atoms with van der Waals surface area (Å²) in [5.41, 5.74) is 0. The van der Waals surface area contributed by atoms with Crippen LogP contribution >= 0.6 is 0 Å². The highest BCUT2D eigenvalue weighted by Crippen LogP contribution is 2.13. The second kappa shape index (κ2) is 4.09. The molecule has 0 unspecified atom stereocenters. The van der Waals surface area contributed by atoms with E-state index in [4.69, 9.17) is 0 Å². The van der Waals surface area contributed by atoms with Gasteiger partial charge >= 0.3 is 0 Å². The largest absolute Gasteiger partial charge is 0.337 e. The van der Waals surface area contributed by atoms with Gasteiger partial charge in [0, 0.05) is 31.6 Å². The summed E-state index contributed by atoms with van der Waals surface area (Å²) in [6.07, 6.45) is 0.626. The van der Waals surface area contributed by atoms with Crippen molar-refractivity contribution < 1.29 is 4.79 Å². The molecule has 1 fully saturated rings. The lowest BCUT2D eigenvalue weighted by Crippen LogP contribution is -2.56. The average molecular weight is 184 g/mol. The first kappa shape index (κ1) is 10.5. The molecule has 1 aliphatic rings. The molecule has 0 aromatic rings. The highest BCUT2D eigenvalue weighted by atomic mass is 16.2. The maximum atomic E-state index is 11.5. The monoisotopic (exact) mass is 184 g/mol. The second-order valence-corrected chi connectivity index (χ2v) is 4.04. The number of carbonyl (C=O) groups excluding carboxylic acids is 1. The number of hydrogen-bond acceptors (Lipinski definition) is 2. The molecule has 2 atom stereocenters. The zero-order valence-electron chi connectivity index (χ0n) is 9.08. The van der Waals surface area contributed by atoms with Crippen LogP contribution in [0.15, 0.2) is 0 Å². The Morgan fingerprint density at radius 2 is 1.92 bits per heavy atom. The van der Waals surface area contributed by atoms with Gasteiger partial charge in [0.05, 0.1) is 0 Å². The van der Waals surface area contributed by atoms with Crippen molar-refractivity contribution in [3.63, 3.8) is 0 Å². The van der Waals surface area contributed by atoms with Gasteiger partial charge in [0.25, 0.3) is 0 Å². The van der Waals surface area contributed by atoms with Crippen LogP contribution in [-0.2, 0) is 4.79 Å². The van der Waals surface area contributed by atoms with Gasteiger partial charge in [-0.15, -0.1) is 0 Å². The van der Waals surface area contributed by atoms with Crippen molar-refractivity contribution in [1.82, 2.24) is 9.80 Å². The van der Waals surface area contributed by atoms with E-state index in [1.807, 2.05) is 11.8 Å². The van der Waals surface area contributed by atoms with Crippen molar-refractivity contribution >= 4 is 5.91 Å². The molecule has 0 spiro atoms. The van der Waals surface area contributed by atoms with E-state index in [-0.39, 0.29) is 5.91 Å². The Bertz CT molecular complexity index is 193. The number of hydrogen-bond donors (Lipinski definition) is 0. The number of rotatable bonds is 1. The minimum absolute atomic E-state index is 0.285. The number of likely N-dealkylation sites (N-methyl/N-ethyl adjacent to an activating group) is 1. The molecule has 1 amide bonds. The molecule has 0 aliphatic carbocycles. The van der Waals surface area contributed by atoms with Crippen molar-refractivity contribution in [2.24, 2.45) is 0 Å². The molecule has 0 saturated carbocycles. The molecular formula is C10H20N2O. The van der Waals surface area contributed by atoms with Crippen LogP contribution in [-0.4, -0.2) is 47.9 Å². The molecule has 13 heavy (non-hydrogen) atoms. The van der Waals surface area contributed by atoms with Crippen LogP contribution in [0.5, 0.6) is 0 Å². The van der Waals surface area contributed by atoms with E-state index >= 15 is 0 Å². The summed E-state index contributed by atoms with van der Waals surface area (Å²) >= 11 is 0. The molecule has 3 heteroatoms. The average Bonchev–Trinajstić information content (AvgIpc) is 2.10. The first-order valence-electron chi connectivity index (χ1n) is 5.06. The zero-order valence-corrected chi connectivity index (χ0v) is 9.08. The maximum Gasteiger partial charge on any atom is 0.222 e. The minimum Gasteiger partial charge on any atom is -0.337 e. The van der Waals surface area contributed by atoms with E-state index in [1.54, 1.807) is 0 Å². The number of nitrogens with zero attached hydrogens (tertiary/aromatic N) is 2. The van der Waals surface area contributed by atoms with Crippen LogP contribution in [0.3, 0.4) is 0 Å². The molecule has 0 bridgehead atoms.